The van der Waals surface area contributed by atoms with Crippen LogP contribution in [0.3, 0.4) is 0 Å². The van der Waals surface area contributed by atoms with Crippen molar-refractivity contribution in [3.05, 3.63) is 35.6 Å². The molecule has 1 rings (SSSR count). The van der Waals surface area contributed by atoms with E-state index < -0.39 is 6.98 Å². The van der Waals surface area contributed by atoms with Gasteiger partial charge in [0.2, 0.25) is 0 Å². The summed E-state index contributed by atoms with van der Waals surface area (Å²) in [5.41, 5.74) is 0.621. The van der Waals surface area contributed by atoms with Crippen LogP contribution in [-0.2, 0) is 6.54 Å². The quantitative estimate of drug-likeness (QED) is 0.660. The van der Waals surface area contributed by atoms with Gasteiger partial charge in [0, 0.05) is 10.7 Å². The summed E-state index contributed by atoms with van der Waals surface area (Å²) in [5.74, 6) is -0.357. The number of nitrogens with one attached hydrogen (secondary N) is 1. The first kappa shape index (κ1) is 4.09. The predicted molar refractivity (Wildman–Crippen MR) is 39.2 cm³/mol. The van der Waals surface area contributed by atoms with Gasteiger partial charge in [-0.15, -0.1) is 0 Å². The van der Waals surface area contributed by atoms with Crippen LogP contribution in [0.2, 0.25) is 0 Å². The monoisotopic (exact) mass is 142 g/mol. The molecule has 0 fully saturated rings. The van der Waals surface area contributed by atoms with E-state index in [0.717, 1.165) is 0 Å². The third-order valence-electron chi connectivity index (χ3n) is 1.18. The molecule has 1 N–H and O–H groups in total. The van der Waals surface area contributed by atoms with Crippen LogP contribution in [0.4, 0.5) is 4.39 Å². The van der Waals surface area contributed by atoms with Gasteiger partial charge in [0.15, 0.2) is 0 Å². The van der Waals surface area contributed by atoms with Crippen LogP contribution in [0.5, 0.6) is 0 Å². The summed E-state index contributed by atoms with van der Waals surface area (Å²) in [6, 6.07) is 5.84. The number of hydrogen-bond donors (Lipinski definition) is 1. The minimum Gasteiger partial charge on any atom is -0.316 e. The molecule has 0 aliphatic heterocycles. The Labute approximate surface area is 64.1 Å². The van der Waals surface area contributed by atoms with Gasteiger partial charge in [-0.25, -0.2) is 4.39 Å². The van der Waals surface area contributed by atoms with E-state index in [1.54, 1.807) is 12.1 Å². The number of benzene rings is 1. The van der Waals surface area contributed by atoms with E-state index in [2.05, 4.69) is 5.32 Å². The van der Waals surface area contributed by atoms with Crippen LogP contribution in [0, 0.1) is 5.82 Å². The van der Waals surface area contributed by atoms with Gasteiger partial charge in [-0.2, -0.15) is 0 Å². The first-order chi connectivity index (χ1) is 5.97. The van der Waals surface area contributed by atoms with Crippen molar-refractivity contribution in [2.75, 3.05) is 6.98 Å². The van der Waals surface area contributed by atoms with Gasteiger partial charge in [0.1, 0.15) is 5.82 Å². The lowest BCUT2D eigenvalue weighted by Crippen LogP contribution is -2.04. The van der Waals surface area contributed by atoms with E-state index in [1.807, 2.05) is 0 Å². The molecule has 0 amide bonds. The molecule has 1 aromatic carbocycles. The summed E-state index contributed by atoms with van der Waals surface area (Å²) in [6.45, 7) is -2.03. The van der Waals surface area contributed by atoms with Gasteiger partial charge in [-0.05, 0) is 24.7 Å². The van der Waals surface area contributed by atoms with E-state index in [1.165, 1.54) is 12.1 Å². The minimum atomic E-state index is -2.17. The highest BCUT2D eigenvalue weighted by atomic mass is 19.1. The maximum atomic E-state index is 12.6. The minimum absolute atomic E-state index is 0.147. The fraction of sp³-hybridized carbons (Fsp3) is 0.250. The first-order valence-electron chi connectivity index (χ1n) is 4.47. The summed E-state index contributed by atoms with van der Waals surface area (Å²) >= 11 is 0. The molecule has 1 nitrogen and oxygen atoms in total. The Balaban J connectivity index is 2.55. The van der Waals surface area contributed by atoms with Crippen LogP contribution in [0.15, 0.2) is 24.3 Å². The SMILES string of the molecule is [2H]C([2H])([2H])NCc1cccc(F)c1. The molecule has 0 aliphatic carbocycles. The molecular weight excluding hydrogens is 129 g/mol. The molecule has 0 aliphatic rings. The van der Waals surface area contributed by atoms with Gasteiger partial charge in [-0.3, -0.25) is 0 Å². The highest BCUT2D eigenvalue weighted by Gasteiger charge is 1.91. The smallest absolute Gasteiger partial charge is 0.123 e. The average molecular weight is 142 g/mol. The van der Waals surface area contributed by atoms with Crippen molar-refractivity contribution in [1.29, 1.82) is 0 Å². The van der Waals surface area contributed by atoms with Gasteiger partial charge < -0.3 is 5.32 Å². The summed E-state index contributed by atoms with van der Waals surface area (Å²) in [7, 11) is 0. The van der Waals surface area contributed by atoms with Crippen molar-refractivity contribution in [3.8, 4) is 0 Å². The van der Waals surface area contributed by atoms with Crippen LogP contribution >= 0.6 is 0 Å². The Kier molecular flexibility index (Phi) is 1.36. The van der Waals surface area contributed by atoms with Crippen molar-refractivity contribution < 1.29 is 8.50 Å². The Bertz CT molecular complexity index is 285. The van der Waals surface area contributed by atoms with Gasteiger partial charge >= 0.3 is 0 Å². The summed E-state index contributed by atoms with van der Waals surface area (Å²) in [5, 5.41) is 2.30. The van der Waals surface area contributed by atoms with Gasteiger partial charge in [0.25, 0.3) is 0 Å². The highest BCUT2D eigenvalue weighted by molar-refractivity contribution is 5.15. The van der Waals surface area contributed by atoms with Crippen molar-refractivity contribution >= 4 is 0 Å². The molecule has 0 unspecified atom stereocenters. The number of rotatable bonds is 2. The van der Waals surface area contributed by atoms with E-state index in [-0.39, 0.29) is 12.4 Å². The van der Waals surface area contributed by atoms with E-state index in [9.17, 15) is 4.39 Å². The Morgan fingerprint density at radius 3 is 3.30 bits per heavy atom. The molecule has 0 atom stereocenters. The Hall–Kier alpha value is -0.890. The lowest BCUT2D eigenvalue weighted by atomic mass is 10.2. The first-order valence-corrected chi connectivity index (χ1v) is 2.97. The third kappa shape index (κ3) is 1.81. The molecule has 0 spiro atoms. The van der Waals surface area contributed by atoms with Crippen molar-refractivity contribution in [3.63, 3.8) is 0 Å². The second-order valence-corrected chi connectivity index (χ2v) is 1.98. The van der Waals surface area contributed by atoms with E-state index >= 15 is 0 Å². The maximum Gasteiger partial charge on any atom is 0.123 e. The largest absolute Gasteiger partial charge is 0.316 e. The zero-order chi connectivity index (χ0) is 9.90. The second-order valence-electron chi connectivity index (χ2n) is 1.98. The summed E-state index contributed by atoms with van der Waals surface area (Å²) in [6.07, 6.45) is 0. The van der Waals surface area contributed by atoms with Crippen LogP contribution < -0.4 is 5.32 Å². The topological polar surface area (TPSA) is 12.0 Å². The Morgan fingerprint density at radius 2 is 2.60 bits per heavy atom. The third-order valence-corrected chi connectivity index (χ3v) is 1.18. The molecule has 0 bridgehead atoms. The fourth-order valence-corrected chi connectivity index (χ4v) is 0.749. The molecule has 0 aromatic heterocycles. The fourth-order valence-electron chi connectivity index (χ4n) is 0.749. The van der Waals surface area contributed by atoms with Crippen molar-refractivity contribution in [2.24, 2.45) is 0 Å². The molecule has 1 aromatic rings. The molecule has 0 heterocycles. The lowest BCUT2D eigenvalue weighted by molar-refractivity contribution is 0.624. The predicted octanol–water partition coefficient (Wildman–Crippen LogP) is 1.55. The molecule has 10 heavy (non-hydrogen) atoms. The molecule has 2 heteroatoms. The van der Waals surface area contributed by atoms with Crippen LogP contribution in [0.25, 0.3) is 0 Å². The highest BCUT2D eigenvalue weighted by Crippen LogP contribution is 2.01. The standard InChI is InChI=1S/C8H10FN/c1-10-6-7-3-2-4-8(9)5-7/h2-5,10H,6H2,1H3/i1D3. The maximum absolute atomic E-state index is 12.6. The Morgan fingerprint density at radius 1 is 1.70 bits per heavy atom. The number of hydrogen-bond acceptors (Lipinski definition) is 1. The molecule has 0 saturated carbocycles. The normalized spacial score (nSPS) is 15.5. The van der Waals surface area contributed by atoms with Crippen molar-refractivity contribution in [1.82, 2.24) is 5.32 Å². The molecule has 0 radical (unpaired) electrons. The zero-order valence-electron chi connectivity index (χ0n) is 8.39. The molecule has 0 saturated heterocycles. The average Bonchev–Trinajstić information content (AvgIpc) is 2.00. The lowest BCUT2D eigenvalue weighted by Gasteiger charge is -1.97. The number of halogens is 1. The second kappa shape index (κ2) is 3.32. The van der Waals surface area contributed by atoms with Crippen LogP contribution in [-0.4, -0.2) is 6.98 Å². The van der Waals surface area contributed by atoms with Gasteiger partial charge in [0.05, 0.1) is 0 Å². The van der Waals surface area contributed by atoms with Gasteiger partial charge in [-0.1, -0.05) is 12.1 Å². The summed E-state index contributed by atoms with van der Waals surface area (Å²) in [4.78, 5) is 0. The molecular formula is C8H10FN. The van der Waals surface area contributed by atoms with Crippen molar-refractivity contribution in [2.45, 2.75) is 6.54 Å². The van der Waals surface area contributed by atoms with E-state index in [0.29, 0.717) is 5.56 Å². The zero-order valence-corrected chi connectivity index (χ0v) is 5.39. The molecule has 54 valence electrons. The van der Waals surface area contributed by atoms with Crippen LogP contribution in [0.1, 0.15) is 9.68 Å². The summed E-state index contributed by atoms with van der Waals surface area (Å²) < 4.78 is 33.2. The van der Waals surface area contributed by atoms with E-state index in [4.69, 9.17) is 4.11 Å².